The molecule has 6 nitrogen and oxygen atoms in total. The normalized spacial score (nSPS) is 11.1. The standard InChI is InChI=1S/C23H30ClN3O.2ClH.2H2O/c1-5-27(6-2)13-7-8-16(3)25-23-19-11-9-17(24)14-22(19)26-21-12-10-18(28-4)15-20(21)23;;;;/h9-12,14-16H,5-8,13H2,1-4H3,(H,25,26);2*1H;2*1H2. The average Bonchev–Trinajstić information content (AvgIpc) is 2.70. The maximum Gasteiger partial charge on any atom is 1.00 e. The lowest BCUT2D eigenvalue weighted by Crippen LogP contribution is -3.00. The first-order valence-electron chi connectivity index (χ1n) is 10.1. The number of hydrogen-bond donors (Lipinski definition) is 1. The Balaban J connectivity index is -0.000000750. The number of fused-ring (bicyclic) bond motifs is 2. The first-order valence-corrected chi connectivity index (χ1v) is 10.5. The second-order valence-electron chi connectivity index (χ2n) is 7.25. The summed E-state index contributed by atoms with van der Waals surface area (Å²) in [5.74, 6) is 0.833. The van der Waals surface area contributed by atoms with E-state index in [0.717, 1.165) is 59.3 Å². The fourth-order valence-corrected chi connectivity index (χ4v) is 3.82. The summed E-state index contributed by atoms with van der Waals surface area (Å²) in [5, 5.41) is 6.61. The Morgan fingerprint density at radius 2 is 1.72 bits per heavy atom. The number of halogens is 3. The van der Waals surface area contributed by atoms with Gasteiger partial charge in [-0.05, 0) is 75.8 Å². The van der Waals surface area contributed by atoms with Crippen LogP contribution in [-0.2, 0) is 0 Å². The monoisotopic (exact) mass is 507 g/mol. The maximum absolute atomic E-state index is 6.22. The predicted molar refractivity (Wildman–Crippen MR) is 130 cm³/mol. The van der Waals surface area contributed by atoms with Crippen LogP contribution >= 0.6 is 11.6 Å². The van der Waals surface area contributed by atoms with E-state index in [9.17, 15) is 0 Å². The average molecular weight is 509 g/mol. The molecular weight excluding hydrogens is 473 g/mol. The van der Waals surface area contributed by atoms with E-state index in [1.807, 2.05) is 24.3 Å². The van der Waals surface area contributed by atoms with E-state index >= 15 is 0 Å². The third-order valence-electron chi connectivity index (χ3n) is 5.34. The second-order valence-corrected chi connectivity index (χ2v) is 7.68. The topological polar surface area (TPSA) is 100 Å². The number of ether oxygens (including phenoxy) is 1. The van der Waals surface area contributed by atoms with Crippen molar-refractivity contribution in [3.8, 4) is 5.75 Å². The number of nitrogens with zero attached hydrogens (tertiary/aromatic N) is 2. The van der Waals surface area contributed by atoms with E-state index in [1.54, 1.807) is 7.11 Å². The molecule has 0 radical (unpaired) electrons. The van der Waals surface area contributed by atoms with Crippen LogP contribution in [0.5, 0.6) is 5.75 Å². The lowest BCUT2D eigenvalue weighted by Gasteiger charge is -2.22. The zero-order valence-electron chi connectivity index (χ0n) is 21.0. The van der Waals surface area contributed by atoms with Crippen LogP contribution in [0.3, 0.4) is 0 Å². The molecule has 0 spiro atoms. The zero-order chi connectivity index (χ0) is 20.1. The van der Waals surface area contributed by atoms with Gasteiger partial charge in [-0.1, -0.05) is 25.4 Å². The summed E-state index contributed by atoms with van der Waals surface area (Å²) in [6.45, 7) is 10.0. The molecule has 0 fully saturated rings. The first-order chi connectivity index (χ1) is 13.5. The highest BCUT2D eigenvalue weighted by Gasteiger charge is 2.13. The molecule has 3 aromatic rings. The summed E-state index contributed by atoms with van der Waals surface area (Å²) in [6, 6.07) is 12.3. The molecule has 0 bridgehead atoms. The number of benzene rings is 2. The summed E-state index contributed by atoms with van der Waals surface area (Å²) in [4.78, 5) is 7.27. The van der Waals surface area contributed by atoms with Crippen LogP contribution in [0.15, 0.2) is 36.4 Å². The Morgan fingerprint density at radius 3 is 2.34 bits per heavy atom. The Labute approximate surface area is 211 Å². The van der Waals surface area contributed by atoms with Crippen molar-refractivity contribution in [2.45, 2.75) is 39.7 Å². The molecule has 0 aliphatic heterocycles. The quantitative estimate of drug-likeness (QED) is 0.358. The molecule has 3 rings (SSSR count). The smallest absolute Gasteiger partial charge is 1.00 e. The molecule has 0 saturated carbocycles. The third-order valence-corrected chi connectivity index (χ3v) is 5.57. The molecule has 0 amide bonds. The fourth-order valence-electron chi connectivity index (χ4n) is 3.66. The van der Waals surface area contributed by atoms with Crippen LogP contribution in [0.1, 0.15) is 36.5 Å². The van der Waals surface area contributed by atoms with Gasteiger partial charge in [-0.15, -0.1) is 0 Å². The van der Waals surface area contributed by atoms with Crippen LogP contribution in [0.4, 0.5) is 5.69 Å². The molecule has 1 atom stereocenters. The third kappa shape index (κ3) is 7.80. The number of nitrogens with one attached hydrogen (secondary N) is 1. The van der Waals surface area contributed by atoms with Crippen molar-refractivity contribution in [3.05, 3.63) is 41.4 Å². The van der Waals surface area contributed by atoms with Crippen LogP contribution in [-0.4, -0.2) is 53.6 Å². The minimum atomic E-state index is 0. The number of hydrogen-bond acceptors (Lipinski definition) is 4. The zero-order valence-corrected chi connectivity index (χ0v) is 21.3. The molecule has 5 N–H and O–H groups in total. The van der Waals surface area contributed by atoms with Gasteiger partial charge < -0.3 is 50.7 Å². The molecule has 182 valence electrons. The van der Waals surface area contributed by atoms with Crippen molar-refractivity contribution in [1.82, 2.24) is 9.88 Å². The number of aromatic nitrogens is 1. The van der Waals surface area contributed by atoms with Gasteiger partial charge in [0.2, 0.25) is 0 Å². The minimum absolute atomic E-state index is 0. The molecular formula is C23H36Cl3N3O3. The Morgan fingerprint density at radius 1 is 1.03 bits per heavy atom. The molecule has 1 unspecified atom stereocenters. The van der Waals surface area contributed by atoms with Gasteiger partial charge in [0.25, 0.3) is 0 Å². The minimum Gasteiger partial charge on any atom is -1.00 e. The largest absolute Gasteiger partial charge is 1.00 e. The molecule has 0 saturated heterocycles. The van der Waals surface area contributed by atoms with Crippen molar-refractivity contribution in [1.29, 1.82) is 0 Å². The van der Waals surface area contributed by atoms with Crippen LogP contribution in [0, 0.1) is 0 Å². The molecule has 1 aromatic heterocycles. The number of pyridine rings is 1. The van der Waals surface area contributed by atoms with Crippen LogP contribution in [0.25, 0.3) is 21.8 Å². The van der Waals surface area contributed by atoms with E-state index in [4.69, 9.17) is 21.3 Å². The first kappa shape index (κ1) is 32.6. The highest BCUT2D eigenvalue weighted by molar-refractivity contribution is 6.31. The fraction of sp³-hybridized carbons (Fsp3) is 0.435. The van der Waals surface area contributed by atoms with Gasteiger partial charge in [-0.2, -0.15) is 0 Å². The summed E-state index contributed by atoms with van der Waals surface area (Å²) < 4.78 is 5.45. The Bertz CT molecular complexity index is 967. The van der Waals surface area contributed by atoms with Gasteiger partial charge in [0.15, 0.2) is 0 Å². The summed E-state index contributed by atoms with van der Waals surface area (Å²) in [5.41, 5.74) is 2.95. The lowest BCUT2D eigenvalue weighted by atomic mass is 10.1. The lowest BCUT2D eigenvalue weighted by molar-refractivity contribution is -0.001000. The highest BCUT2D eigenvalue weighted by Crippen LogP contribution is 2.34. The van der Waals surface area contributed by atoms with E-state index < -0.39 is 0 Å². The van der Waals surface area contributed by atoms with E-state index in [0.29, 0.717) is 11.1 Å². The van der Waals surface area contributed by atoms with Gasteiger partial charge in [0.05, 0.1) is 23.8 Å². The molecule has 1 heterocycles. The van der Waals surface area contributed by atoms with Crippen molar-refractivity contribution < 1.29 is 43.4 Å². The number of methoxy groups -OCH3 is 1. The van der Waals surface area contributed by atoms with Gasteiger partial charge in [0, 0.05) is 21.8 Å². The van der Waals surface area contributed by atoms with Crippen molar-refractivity contribution in [2.24, 2.45) is 0 Å². The van der Waals surface area contributed by atoms with Crippen molar-refractivity contribution in [3.63, 3.8) is 0 Å². The van der Waals surface area contributed by atoms with Crippen LogP contribution in [0.2, 0.25) is 5.02 Å². The van der Waals surface area contributed by atoms with Gasteiger partial charge >= 0.3 is 2.85 Å². The number of anilines is 1. The molecule has 0 aliphatic carbocycles. The van der Waals surface area contributed by atoms with Crippen LogP contribution < -0.4 is 34.9 Å². The van der Waals surface area contributed by atoms with Crippen molar-refractivity contribution in [2.75, 3.05) is 32.1 Å². The number of rotatable bonds is 9. The van der Waals surface area contributed by atoms with E-state index in [-0.39, 0.29) is 38.6 Å². The van der Waals surface area contributed by atoms with E-state index in [2.05, 4.69) is 43.1 Å². The summed E-state index contributed by atoms with van der Waals surface area (Å²) >= 11 is 6.22. The summed E-state index contributed by atoms with van der Waals surface area (Å²) in [7, 11) is 1.69. The summed E-state index contributed by atoms with van der Waals surface area (Å²) in [6.07, 6.45) is 2.28. The predicted octanol–water partition coefficient (Wildman–Crippen LogP) is -1.44. The maximum atomic E-state index is 6.22. The van der Waals surface area contributed by atoms with Gasteiger partial charge in [0.1, 0.15) is 5.75 Å². The molecule has 2 aromatic carbocycles. The Hall–Kier alpha value is -1.54. The molecule has 9 heteroatoms. The Kier molecular flexibility index (Phi) is 15.6. The molecule has 0 aliphatic rings. The van der Waals surface area contributed by atoms with Crippen molar-refractivity contribution >= 4 is 39.1 Å². The highest BCUT2D eigenvalue weighted by atomic mass is 35.5. The molecule has 32 heavy (non-hydrogen) atoms. The second kappa shape index (κ2) is 15.3. The SMILES string of the molecule is CCN(CC)CCCC(C)Nc1c2ccc(Cl)cc2nc2ccc(OC)cc12.O.O.[Cl-].[Cl-].[H+].[H+]. The van der Waals surface area contributed by atoms with Gasteiger partial charge in [-0.25, -0.2) is 4.98 Å². The van der Waals surface area contributed by atoms with Gasteiger partial charge in [-0.3, -0.25) is 0 Å². The van der Waals surface area contributed by atoms with E-state index in [1.165, 1.54) is 6.42 Å².